The number of hydrogen-bond donors (Lipinski definition) is 1. The molecule has 0 unspecified atom stereocenters. The van der Waals surface area contributed by atoms with Crippen LogP contribution in [0.4, 0.5) is 22.6 Å². The van der Waals surface area contributed by atoms with E-state index in [9.17, 15) is 27.2 Å². The Balaban J connectivity index is 1.77. The second kappa shape index (κ2) is 9.32. The fourth-order valence-electron chi connectivity index (χ4n) is 3.56. The zero-order chi connectivity index (χ0) is 23.7. The summed E-state index contributed by atoms with van der Waals surface area (Å²) >= 11 is 1.08. The first-order valence-corrected chi connectivity index (χ1v) is 10.8. The van der Waals surface area contributed by atoms with Crippen molar-refractivity contribution in [2.45, 2.75) is 6.92 Å². The van der Waals surface area contributed by atoms with Crippen molar-refractivity contribution in [3.63, 3.8) is 0 Å². The van der Waals surface area contributed by atoms with Gasteiger partial charge in [0.2, 0.25) is 0 Å². The van der Waals surface area contributed by atoms with Gasteiger partial charge in [0.05, 0.1) is 24.3 Å². The Bertz CT molecular complexity index is 1220. The van der Waals surface area contributed by atoms with Gasteiger partial charge in [-0.15, -0.1) is 11.3 Å². The van der Waals surface area contributed by atoms with E-state index in [1.54, 1.807) is 11.8 Å². The van der Waals surface area contributed by atoms with Crippen LogP contribution in [0.3, 0.4) is 0 Å². The largest absolute Gasteiger partial charge is 0.378 e. The second-order valence-electron chi connectivity index (χ2n) is 7.33. The fourth-order valence-corrected chi connectivity index (χ4v) is 4.76. The second-order valence-corrected chi connectivity index (χ2v) is 8.35. The Hall–Kier alpha value is -3.24. The zero-order valence-electron chi connectivity index (χ0n) is 17.4. The van der Waals surface area contributed by atoms with Crippen LogP contribution in [0.5, 0.6) is 0 Å². The summed E-state index contributed by atoms with van der Waals surface area (Å²) in [6.45, 7) is 3.15. The lowest BCUT2D eigenvalue weighted by Crippen LogP contribution is -2.41. The molecule has 5 nitrogen and oxygen atoms in total. The summed E-state index contributed by atoms with van der Waals surface area (Å²) in [4.78, 5) is 28.3. The highest BCUT2D eigenvalue weighted by atomic mass is 32.1. The van der Waals surface area contributed by atoms with Gasteiger partial charge in [0.15, 0.2) is 23.3 Å². The van der Waals surface area contributed by atoms with E-state index in [0.717, 1.165) is 16.9 Å². The smallest absolute Gasteiger partial charge is 0.259 e. The number of nitrogens with zero attached hydrogens (tertiary/aromatic N) is 1. The fraction of sp³-hybridized carbons (Fsp3) is 0.217. The number of amides is 2. The quantitative estimate of drug-likeness (QED) is 0.326. The van der Waals surface area contributed by atoms with Gasteiger partial charge in [0.1, 0.15) is 5.00 Å². The van der Waals surface area contributed by atoms with Crippen LogP contribution in [-0.2, 0) is 4.74 Å². The van der Waals surface area contributed by atoms with Crippen molar-refractivity contribution in [1.29, 1.82) is 0 Å². The topological polar surface area (TPSA) is 58.6 Å². The lowest BCUT2D eigenvalue weighted by molar-refractivity contribution is 0.0303. The SMILES string of the molecule is Cc1c(-c2ccccc2)sc(NC(=O)c2cc(F)c(F)c(F)c2F)c1C(=O)N1CCOCC1. The van der Waals surface area contributed by atoms with Gasteiger partial charge in [0, 0.05) is 18.0 Å². The van der Waals surface area contributed by atoms with Crippen LogP contribution < -0.4 is 5.32 Å². The van der Waals surface area contributed by atoms with Gasteiger partial charge in [-0.05, 0) is 24.1 Å². The highest BCUT2D eigenvalue weighted by Gasteiger charge is 2.29. The molecule has 0 saturated carbocycles. The van der Waals surface area contributed by atoms with Crippen LogP contribution >= 0.6 is 11.3 Å². The first-order valence-electron chi connectivity index (χ1n) is 9.99. The van der Waals surface area contributed by atoms with E-state index in [4.69, 9.17) is 4.74 Å². The van der Waals surface area contributed by atoms with Crippen LogP contribution in [0, 0.1) is 30.2 Å². The maximum Gasteiger partial charge on any atom is 0.259 e. The number of nitrogens with one attached hydrogen (secondary N) is 1. The molecule has 1 aromatic heterocycles. The van der Waals surface area contributed by atoms with Crippen LogP contribution in [0.1, 0.15) is 26.3 Å². The van der Waals surface area contributed by atoms with Crippen LogP contribution in [0.25, 0.3) is 10.4 Å². The molecule has 0 atom stereocenters. The van der Waals surface area contributed by atoms with Crippen LogP contribution in [-0.4, -0.2) is 43.0 Å². The minimum Gasteiger partial charge on any atom is -0.378 e. The number of hydrogen-bond acceptors (Lipinski definition) is 4. The molecule has 3 aromatic rings. The molecule has 4 rings (SSSR count). The zero-order valence-corrected chi connectivity index (χ0v) is 18.2. The molecule has 0 bridgehead atoms. The Morgan fingerprint density at radius 3 is 2.33 bits per heavy atom. The molecule has 172 valence electrons. The molecule has 2 heterocycles. The lowest BCUT2D eigenvalue weighted by Gasteiger charge is -2.27. The van der Waals surface area contributed by atoms with Crippen molar-refractivity contribution in [2.75, 3.05) is 31.6 Å². The van der Waals surface area contributed by atoms with Crippen molar-refractivity contribution in [1.82, 2.24) is 4.90 Å². The van der Waals surface area contributed by atoms with Crippen molar-refractivity contribution >= 4 is 28.2 Å². The average molecular weight is 478 g/mol. The van der Waals surface area contributed by atoms with Gasteiger partial charge in [-0.3, -0.25) is 9.59 Å². The van der Waals surface area contributed by atoms with E-state index in [-0.39, 0.29) is 22.5 Å². The molecular formula is C23H18F4N2O3S. The first-order chi connectivity index (χ1) is 15.8. The molecule has 33 heavy (non-hydrogen) atoms. The summed E-state index contributed by atoms with van der Waals surface area (Å²) in [6.07, 6.45) is 0. The monoisotopic (exact) mass is 478 g/mol. The molecule has 2 amide bonds. The summed E-state index contributed by atoms with van der Waals surface area (Å²) in [5.74, 6) is -9.17. The van der Waals surface area contributed by atoms with E-state index in [0.29, 0.717) is 36.7 Å². The summed E-state index contributed by atoms with van der Waals surface area (Å²) in [5.41, 5.74) is 0.567. The van der Waals surface area contributed by atoms with Gasteiger partial charge >= 0.3 is 0 Å². The molecule has 0 radical (unpaired) electrons. The molecule has 0 aliphatic carbocycles. The normalized spacial score (nSPS) is 13.8. The summed E-state index contributed by atoms with van der Waals surface area (Å²) in [6, 6.07) is 9.40. The molecular weight excluding hydrogens is 460 g/mol. The van der Waals surface area contributed by atoms with E-state index in [2.05, 4.69) is 5.32 Å². The molecule has 10 heteroatoms. The van der Waals surface area contributed by atoms with E-state index in [1.807, 2.05) is 30.3 Å². The van der Waals surface area contributed by atoms with Gasteiger partial charge in [-0.1, -0.05) is 30.3 Å². The summed E-state index contributed by atoms with van der Waals surface area (Å²) < 4.78 is 60.0. The third-order valence-electron chi connectivity index (χ3n) is 5.27. The van der Waals surface area contributed by atoms with Gasteiger partial charge < -0.3 is 15.0 Å². The molecule has 1 saturated heterocycles. The van der Waals surface area contributed by atoms with Crippen LogP contribution in [0.2, 0.25) is 0 Å². The Morgan fingerprint density at radius 2 is 1.67 bits per heavy atom. The van der Waals surface area contributed by atoms with Gasteiger partial charge in [-0.2, -0.15) is 0 Å². The van der Waals surface area contributed by atoms with E-state index in [1.165, 1.54) is 0 Å². The predicted octanol–water partition coefficient (Wildman–Crippen LogP) is 5.00. The average Bonchev–Trinajstić information content (AvgIpc) is 3.16. The minimum absolute atomic E-state index is 0.0948. The lowest BCUT2D eigenvalue weighted by atomic mass is 10.1. The van der Waals surface area contributed by atoms with Gasteiger partial charge in [0.25, 0.3) is 11.8 Å². The number of halogens is 4. The Kier molecular flexibility index (Phi) is 6.48. The number of ether oxygens (including phenoxy) is 1. The van der Waals surface area contributed by atoms with E-state index < -0.39 is 34.7 Å². The van der Waals surface area contributed by atoms with Crippen molar-refractivity contribution in [3.05, 3.63) is 76.4 Å². The number of anilines is 1. The first kappa shape index (κ1) is 22.9. The predicted molar refractivity (Wildman–Crippen MR) is 115 cm³/mol. The van der Waals surface area contributed by atoms with Crippen LogP contribution in [0.15, 0.2) is 36.4 Å². The number of carbonyl (C=O) groups excluding carboxylic acids is 2. The van der Waals surface area contributed by atoms with Crippen molar-refractivity contribution in [2.24, 2.45) is 0 Å². The number of benzene rings is 2. The number of thiophene rings is 1. The number of carbonyl (C=O) groups is 2. The highest BCUT2D eigenvalue weighted by Crippen LogP contribution is 2.41. The molecule has 1 aliphatic heterocycles. The van der Waals surface area contributed by atoms with E-state index >= 15 is 0 Å². The van der Waals surface area contributed by atoms with Gasteiger partial charge in [-0.25, -0.2) is 17.6 Å². The highest BCUT2D eigenvalue weighted by molar-refractivity contribution is 7.20. The Labute approximate surface area is 190 Å². The van der Waals surface area contributed by atoms with Crippen molar-refractivity contribution < 1.29 is 31.9 Å². The molecule has 1 N–H and O–H groups in total. The maximum absolute atomic E-state index is 14.2. The Morgan fingerprint density at radius 1 is 1.00 bits per heavy atom. The summed E-state index contributed by atoms with van der Waals surface area (Å²) in [7, 11) is 0. The molecule has 2 aromatic carbocycles. The third kappa shape index (κ3) is 4.36. The summed E-state index contributed by atoms with van der Waals surface area (Å²) in [5, 5.41) is 2.49. The molecule has 0 spiro atoms. The molecule has 1 aliphatic rings. The number of rotatable bonds is 4. The number of morpholine rings is 1. The maximum atomic E-state index is 14.2. The standard InChI is InChI=1S/C23H18F4N2O3S/c1-12-16(23(31)29-7-9-32-10-8-29)22(33-20(12)13-5-3-2-4-6-13)28-21(30)14-11-15(24)18(26)19(27)17(14)25/h2-6,11H,7-10H2,1H3,(H,28,30). The van der Waals surface area contributed by atoms with Crippen molar-refractivity contribution in [3.8, 4) is 10.4 Å². The molecule has 1 fully saturated rings. The third-order valence-corrected chi connectivity index (χ3v) is 6.53. The minimum atomic E-state index is -2.09.